The van der Waals surface area contributed by atoms with Crippen molar-refractivity contribution in [2.75, 3.05) is 13.2 Å². The quantitative estimate of drug-likeness (QED) is 0.234. The van der Waals surface area contributed by atoms with Gasteiger partial charge in [0.05, 0.1) is 24.5 Å². The summed E-state index contributed by atoms with van der Waals surface area (Å²) in [6.07, 6.45) is -1.67. The molecule has 5 nitrogen and oxygen atoms in total. The molecule has 0 fully saturated rings. The van der Waals surface area contributed by atoms with E-state index in [1.807, 2.05) is 0 Å². The largest absolute Gasteiger partial charge is 0.493 e. The summed E-state index contributed by atoms with van der Waals surface area (Å²) in [5.74, 6) is -0.544. The van der Waals surface area contributed by atoms with Crippen molar-refractivity contribution >= 4 is 17.0 Å². The average molecular weight is 467 g/mol. The maximum absolute atomic E-state index is 13.6. The minimum absolute atomic E-state index is 0.141. The molecule has 1 aromatic heterocycles. The SMILES string of the molecule is N=C(CO)c1nnc(-c2ccc(OCCCCCc3ccc(F)cc3)c(C(F)(F)F)c2)s1. The van der Waals surface area contributed by atoms with Crippen LogP contribution in [0.4, 0.5) is 17.6 Å². The van der Waals surface area contributed by atoms with Crippen LogP contribution in [0.1, 0.15) is 35.4 Å². The molecule has 10 heteroatoms. The molecule has 2 N–H and O–H groups in total. The minimum atomic E-state index is -4.61. The number of halogens is 4. The van der Waals surface area contributed by atoms with Crippen molar-refractivity contribution in [2.45, 2.75) is 31.9 Å². The molecule has 0 saturated heterocycles. The van der Waals surface area contributed by atoms with E-state index in [0.717, 1.165) is 42.2 Å². The zero-order valence-electron chi connectivity index (χ0n) is 17.0. The predicted octanol–water partition coefficient (Wildman–Crippen LogP) is 5.51. The molecule has 0 atom stereocenters. The van der Waals surface area contributed by atoms with Crippen molar-refractivity contribution in [1.29, 1.82) is 5.41 Å². The molecule has 0 bridgehead atoms. The summed E-state index contributed by atoms with van der Waals surface area (Å²) in [4.78, 5) is 0. The van der Waals surface area contributed by atoms with Crippen molar-refractivity contribution < 1.29 is 27.4 Å². The molecule has 0 aliphatic carbocycles. The molecule has 0 saturated carbocycles. The maximum atomic E-state index is 13.6. The zero-order chi connectivity index (χ0) is 23.1. The fraction of sp³-hybridized carbons (Fsp3) is 0.318. The van der Waals surface area contributed by atoms with Crippen LogP contribution in [0.2, 0.25) is 0 Å². The third-order valence-corrected chi connectivity index (χ3v) is 5.69. The first-order valence-electron chi connectivity index (χ1n) is 9.89. The van der Waals surface area contributed by atoms with Crippen molar-refractivity contribution in [3.05, 3.63) is 64.4 Å². The number of alkyl halides is 3. The number of nitrogens with zero attached hydrogens (tertiary/aromatic N) is 2. The molecule has 0 aliphatic rings. The van der Waals surface area contributed by atoms with Crippen LogP contribution >= 0.6 is 11.3 Å². The second-order valence-corrected chi connectivity index (χ2v) is 8.02. The number of benzene rings is 2. The van der Waals surface area contributed by atoms with Crippen LogP contribution in [0.3, 0.4) is 0 Å². The lowest BCUT2D eigenvalue weighted by molar-refractivity contribution is -0.138. The lowest BCUT2D eigenvalue weighted by atomic mass is 10.1. The van der Waals surface area contributed by atoms with E-state index in [9.17, 15) is 17.6 Å². The van der Waals surface area contributed by atoms with Crippen LogP contribution in [-0.2, 0) is 12.6 Å². The van der Waals surface area contributed by atoms with Crippen LogP contribution in [-0.4, -0.2) is 34.2 Å². The van der Waals surface area contributed by atoms with Gasteiger partial charge in [-0.1, -0.05) is 23.5 Å². The molecule has 170 valence electrons. The van der Waals surface area contributed by atoms with E-state index in [0.29, 0.717) is 6.42 Å². The number of nitrogens with one attached hydrogen (secondary N) is 1. The highest BCUT2D eigenvalue weighted by Gasteiger charge is 2.35. The topological polar surface area (TPSA) is 79.1 Å². The van der Waals surface area contributed by atoms with Crippen LogP contribution in [0.25, 0.3) is 10.6 Å². The lowest BCUT2D eigenvalue weighted by Crippen LogP contribution is -2.09. The molecule has 0 aliphatic heterocycles. The van der Waals surface area contributed by atoms with Gasteiger partial charge in [-0.2, -0.15) is 13.2 Å². The number of hydrogen-bond donors (Lipinski definition) is 2. The summed E-state index contributed by atoms with van der Waals surface area (Å²) in [5.41, 5.74) is 0.161. The molecular weight excluding hydrogens is 446 g/mol. The molecular formula is C22H21F4N3O2S. The molecule has 2 aromatic carbocycles. The van der Waals surface area contributed by atoms with E-state index in [4.69, 9.17) is 15.3 Å². The zero-order valence-corrected chi connectivity index (χ0v) is 17.8. The monoisotopic (exact) mass is 467 g/mol. The summed E-state index contributed by atoms with van der Waals surface area (Å²) >= 11 is 0.934. The van der Waals surface area contributed by atoms with E-state index in [-0.39, 0.29) is 39.5 Å². The Morgan fingerprint density at radius 2 is 1.78 bits per heavy atom. The average Bonchev–Trinajstić information content (AvgIpc) is 3.26. The summed E-state index contributed by atoms with van der Waals surface area (Å²) in [5, 5.41) is 24.5. The van der Waals surface area contributed by atoms with E-state index in [1.165, 1.54) is 24.3 Å². The second-order valence-electron chi connectivity index (χ2n) is 7.04. The third kappa shape index (κ3) is 6.33. The highest BCUT2D eigenvalue weighted by molar-refractivity contribution is 7.16. The van der Waals surface area contributed by atoms with Gasteiger partial charge in [-0.3, -0.25) is 5.41 Å². The molecule has 1 heterocycles. The Labute approximate surface area is 186 Å². The highest BCUT2D eigenvalue weighted by atomic mass is 32.1. The van der Waals surface area contributed by atoms with E-state index < -0.39 is 18.3 Å². The second kappa shape index (κ2) is 10.6. The van der Waals surface area contributed by atoms with Gasteiger partial charge in [-0.05, 0) is 61.6 Å². The Morgan fingerprint density at radius 1 is 1.03 bits per heavy atom. The highest BCUT2D eigenvalue weighted by Crippen LogP contribution is 2.39. The summed E-state index contributed by atoms with van der Waals surface area (Å²) in [6, 6.07) is 9.92. The first kappa shape index (κ1) is 23.8. The Morgan fingerprint density at radius 3 is 2.47 bits per heavy atom. The molecule has 0 unspecified atom stereocenters. The number of aliphatic hydroxyl groups excluding tert-OH is 1. The fourth-order valence-corrected chi connectivity index (χ4v) is 3.76. The van der Waals surface area contributed by atoms with Crippen molar-refractivity contribution in [1.82, 2.24) is 10.2 Å². The van der Waals surface area contributed by atoms with Gasteiger partial charge in [0.25, 0.3) is 0 Å². The normalized spacial score (nSPS) is 11.5. The van der Waals surface area contributed by atoms with Crippen molar-refractivity contribution in [3.8, 4) is 16.3 Å². The smallest absolute Gasteiger partial charge is 0.419 e. The molecule has 0 spiro atoms. The van der Waals surface area contributed by atoms with E-state index >= 15 is 0 Å². The van der Waals surface area contributed by atoms with Crippen LogP contribution < -0.4 is 4.74 Å². The molecule has 0 amide bonds. The standard InChI is InChI=1S/C22H21F4N3O2S/c23-16-8-5-14(6-9-16)4-2-1-3-11-31-19-10-7-15(12-17(19)22(24,25)26)20-28-29-21(32-20)18(27)13-30/h5-10,12,27,30H,1-4,11,13H2. The lowest BCUT2D eigenvalue weighted by Gasteiger charge is -2.15. The number of aliphatic hydroxyl groups is 1. The van der Waals surface area contributed by atoms with E-state index in [2.05, 4.69) is 10.2 Å². The van der Waals surface area contributed by atoms with Gasteiger partial charge < -0.3 is 9.84 Å². The van der Waals surface area contributed by atoms with Gasteiger partial charge in [0.2, 0.25) is 0 Å². The molecule has 3 rings (SSSR count). The van der Waals surface area contributed by atoms with Crippen molar-refractivity contribution in [3.63, 3.8) is 0 Å². The number of aromatic nitrogens is 2. The molecule has 0 radical (unpaired) electrons. The van der Waals surface area contributed by atoms with Gasteiger partial charge in [0.1, 0.15) is 16.6 Å². The Kier molecular flexibility index (Phi) is 7.92. The first-order chi connectivity index (χ1) is 15.3. The van der Waals surface area contributed by atoms with Gasteiger partial charge in [0, 0.05) is 5.56 Å². The predicted molar refractivity (Wildman–Crippen MR) is 114 cm³/mol. The van der Waals surface area contributed by atoms with Crippen LogP contribution in [0.15, 0.2) is 42.5 Å². The third-order valence-electron chi connectivity index (χ3n) is 4.65. The number of aryl methyl sites for hydroxylation is 1. The van der Waals surface area contributed by atoms with E-state index in [1.54, 1.807) is 12.1 Å². The Hall–Kier alpha value is -2.85. The molecule has 32 heavy (non-hydrogen) atoms. The minimum Gasteiger partial charge on any atom is -0.493 e. The summed E-state index contributed by atoms with van der Waals surface area (Å²) in [6.45, 7) is -0.387. The van der Waals surface area contributed by atoms with Crippen LogP contribution in [0.5, 0.6) is 5.75 Å². The fourth-order valence-electron chi connectivity index (χ4n) is 2.98. The molecule has 3 aromatic rings. The summed E-state index contributed by atoms with van der Waals surface area (Å²) in [7, 11) is 0. The van der Waals surface area contributed by atoms with Gasteiger partial charge >= 0.3 is 6.18 Å². The number of unbranched alkanes of at least 4 members (excludes halogenated alkanes) is 2. The summed E-state index contributed by atoms with van der Waals surface area (Å²) < 4.78 is 59.0. The first-order valence-corrected chi connectivity index (χ1v) is 10.7. The Bertz CT molecular complexity index is 1050. The Balaban J connectivity index is 1.59. The van der Waals surface area contributed by atoms with Crippen molar-refractivity contribution in [2.24, 2.45) is 0 Å². The van der Waals surface area contributed by atoms with Gasteiger partial charge in [0.15, 0.2) is 5.01 Å². The number of hydrogen-bond acceptors (Lipinski definition) is 6. The van der Waals surface area contributed by atoms with Gasteiger partial charge in [-0.25, -0.2) is 4.39 Å². The number of ether oxygens (including phenoxy) is 1. The van der Waals surface area contributed by atoms with Crippen LogP contribution in [0, 0.1) is 11.2 Å². The van der Waals surface area contributed by atoms with Gasteiger partial charge in [-0.15, -0.1) is 10.2 Å². The maximum Gasteiger partial charge on any atom is 0.419 e. The number of rotatable bonds is 10.